The molecule has 6 nitrogen and oxygen atoms in total. The predicted molar refractivity (Wildman–Crippen MR) is 65.3 cm³/mol. The van der Waals surface area contributed by atoms with Crippen molar-refractivity contribution < 1.29 is 0 Å². The fraction of sp³-hybridized carbons (Fsp3) is 0.364. The number of hydrogen-bond acceptors (Lipinski definition) is 5. The molecule has 1 saturated carbocycles. The largest absolute Gasteiger partial charge is 0.368 e. The van der Waals surface area contributed by atoms with Crippen LogP contribution in [0.1, 0.15) is 12.8 Å². The molecule has 0 spiro atoms. The lowest BCUT2D eigenvalue weighted by Crippen LogP contribution is -2.07. The number of rotatable bonds is 3. The Morgan fingerprint density at radius 2 is 2.24 bits per heavy atom. The monoisotopic (exact) mass is 230 g/mol. The number of nitrogens with zero attached hydrogens (tertiary/aromatic N) is 4. The van der Waals surface area contributed by atoms with E-state index in [9.17, 15) is 0 Å². The summed E-state index contributed by atoms with van der Waals surface area (Å²) in [4.78, 5) is 8.41. The van der Waals surface area contributed by atoms with Gasteiger partial charge in [-0.3, -0.25) is 4.68 Å². The standard InChI is InChI=1S/C11H14N6/c1-17-9(4-5-13-17)8-6-10(14-7-2-3-7)16-11(12)15-8/h4-7H,2-3H2,1H3,(H3,12,14,15,16). The Labute approximate surface area is 98.9 Å². The van der Waals surface area contributed by atoms with Crippen LogP contribution in [0.25, 0.3) is 11.4 Å². The topological polar surface area (TPSA) is 81.7 Å². The van der Waals surface area contributed by atoms with Crippen molar-refractivity contribution in [2.45, 2.75) is 18.9 Å². The number of aryl methyl sites for hydroxylation is 1. The Hall–Kier alpha value is -2.11. The summed E-state index contributed by atoms with van der Waals surface area (Å²) in [6, 6.07) is 4.36. The molecule has 1 fully saturated rings. The van der Waals surface area contributed by atoms with Crippen LogP contribution in [0.3, 0.4) is 0 Å². The first-order valence-electron chi connectivity index (χ1n) is 5.62. The van der Waals surface area contributed by atoms with Gasteiger partial charge >= 0.3 is 0 Å². The number of aromatic nitrogens is 4. The molecular formula is C11H14N6. The van der Waals surface area contributed by atoms with Gasteiger partial charge in [0.05, 0.1) is 11.4 Å². The van der Waals surface area contributed by atoms with Crippen molar-refractivity contribution in [3.05, 3.63) is 18.3 Å². The molecule has 0 saturated heterocycles. The highest BCUT2D eigenvalue weighted by molar-refractivity contribution is 5.60. The number of nitrogen functional groups attached to an aromatic ring is 1. The molecule has 1 aliphatic carbocycles. The maximum atomic E-state index is 5.72. The summed E-state index contributed by atoms with van der Waals surface area (Å²) in [7, 11) is 1.88. The molecule has 2 heterocycles. The molecule has 0 unspecified atom stereocenters. The number of hydrogen-bond donors (Lipinski definition) is 2. The molecule has 0 aliphatic heterocycles. The van der Waals surface area contributed by atoms with Gasteiger partial charge in [-0.25, -0.2) is 4.98 Å². The smallest absolute Gasteiger partial charge is 0.222 e. The maximum Gasteiger partial charge on any atom is 0.222 e. The summed E-state index contributed by atoms with van der Waals surface area (Å²) in [5, 5.41) is 7.44. The molecule has 17 heavy (non-hydrogen) atoms. The molecule has 0 atom stereocenters. The van der Waals surface area contributed by atoms with Gasteiger partial charge in [0.1, 0.15) is 5.82 Å². The molecule has 0 bridgehead atoms. The van der Waals surface area contributed by atoms with Crippen LogP contribution in [-0.2, 0) is 7.05 Å². The van der Waals surface area contributed by atoms with Crippen molar-refractivity contribution in [2.24, 2.45) is 7.05 Å². The molecule has 3 N–H and O–H groups in total. The van der Waals surface area contributed by atoms with Crippen molar-refractivity contribution in [1.29, 1.82) is 0 Å². The van der Waals surface area contributed by atoms with Crippen LogP contribution in [0.15, 0.2) is 18.3 Å². The molecule has 0 aromatic carbocycles. The number of nitrogens with two attached hydrogens (primary N) is 1. The van der Waals surface area contributed by atoms with E-state index < -0.39 is 0 Å². The van der Waals surface area contributed by atoms with Crippen LogP contribution < -0.4 is 11.1 Å². The minimum absolute atomic E-state index is 0.284. The number of nitrogens with one attached hydrogen (secondary N) is 1. The third-order valence-electron chi connectivity index (χ3n) is 2.76. The highest BCUT2D eigenvalue weighted by Gasteiger charge is 2.22. The van der Waals surface area contributed by atoms with Crippen molar-refractivity contribution in [2.75, 3.05) is 11.1 Å². The molecule has 6 heteroatoms. The van der Waals surface area contributed by atoms with Gasteiger partial charge in [0, 0.05) is 25.4 Å². The van der Waals surface area contributed by atoms with E-state index >= 15 is 0 Å². The summed E-state index contributed by atoms with van der Waals surface area (Å²) in [6.07, 6.45) is 4.14. The van der Waals surface area contributed by atoms with Crippen LogP contribution >= 0.6 is 0 Å². The highest BCUT2D eigenvalue weighted by Crippen LogP contribution is 2.26. The average Bonchev–Trinajstić information content (AvgIpc) is 2.97. The molecule has 88 valence electrons. The first kappa shape index (κ1) is 10.1. The molecule has 2 aromatic heterocycles. The maximum absolute atomic E-state index is 5.72. The quantitative estimate of drug-likeness (QED) is 0.823. The summed E-state index contributed by atoms with van der Waals surface area (Å²) < 4.78 is 1.77. The molecule has 1 aliphatic rings. The van der Waals surface area contributed by atoms with E-state index in [0.29, 0.717) is 6.04 Å². The zero-order valence-corrected chi connectivity index (χ0v) is 9.59. The molecule has 0 radical (unpaired) electrons. The molecule has 0 amide bonds. The third-order valence-corrected chi connectivity index (χ3v) is 2.76. The summed E-state index contributed by atoms with van der Waals surface area (Å²) in [5.74, 6) is 1.07. The van der Waals surface area contributed by atoms with Gasteiger partial charge in [0.15, 0.2) is 0 Å². The Morgan fingerprint density at radius 1 is 1.41 bits per heavy atom. The van der Waals surface area contributed by atoms with E-state index in [1.165, 1.54) is 12.8 Å². The van der Waals surface area contributed by atoms with Gasteiger partial charge in [-0.05, 0) is 18.9 Å². The van der Waals surface area contributed by atoms with Crippen LogP contribution in [0.2, 0.25) is 0 Å². The lowest BCUT2D eigenvalue weighted by Gasteiger charge is -2.07. The highest BCUT2D eigenvalue weighted by atomic mass is 15.3. The van der Waals surface area contributed by atoms with Crippen LogP contribution in [0.4, 0.5) is 11.8 Å². The van der Waals surface area contributed by atoms with Crippen molar-refractivity contribution >= 4 is 11.8 Å². The Bertz CT molecular complexity index is 543. The first-order chi connectivity index (χ1) is 8.22. The SMILES string of the molecule is Cn1nccc1-c1cc(NC2CC2)nc(N)n1. The lowest BCUT2D eigenvalue weighted by molar-refractivity contribution is 0.773. The Morgan fingerprint density at radius 3 is 2.88 bits per heavy atom. The third kappa shape index (κ3) is 2.06. The first-order valence-corrected chi connectivity index (χ1v) is 5.62. The second-order valence-electron chi connectivity index (χ2n) is 4.26. The molecular weight excluding hydrogens is 216 g/mol. The lowest BCUT2D eigenvalue weighted by atomic mass is 10.3. The Kier molecular flexibility index (Phi) is 2.21. The van der Waals surface area contributed by atoms with Crippen LogP contribution in [-0.4, -0.2) is 25.8 Å². The number of anilines is 2. The Balaban J connectivity index is 1.98. The van der Waals surface area contributed by atoms with Crippen molar-refractivity contribution in [3.8, 4) is 11.4 Å². The van der Waals surface area contributed by atoms with Crippen LogP contribution in [0.5, 0.6) is 0 Å². The van der Waals surface area contributed by atoms with E-state index in [1.807, 2.05) is 19.2 Å². The minimum Gasteiger partial charge on any atom is -0.368 e. The zero-order chi connectivity index (χ0) is 11.8. The fourth-order valence-corrected chi connectivity index (χ4v) is 1.73. The second kappa shape index (κ2) is 3.73. The van der Waals surface area contributed by atoms with E-state index in [2.05, 4.69) is 20.4 Å². The van der Waals surface area contributed by atoms with Gasteiger partial charge in [-0.1, -0.05) is 0 Å². The van der Waals surface area contributed by atoms with Gasteiger partial charge in [-0.2, -0.15) is 10.1 Å². The normalized spacial score (nSPS) is 14.9. The minimum atomic E-state index is 0.284. The molecule has 3 rings (SSSR count). The van der Waals surface area contributed by atoms with Crippen molar-refractivity contribution in [3.63, 3.8) is 0 Å². The summed E-state index contributed by atoms with van der Waals surface area (Å²) in [6.45, 7) is 0. The van der Waals surface area contributed by atoms with Gasteiger partial charge in [0.2, 0.25) is 5.95 Å². The second-order valence-corrected chi connectivity index (χ2v) is 4.26. The molecule has 2 aromatic rings. The van der Waals surface area contributed by atoms with Gasteiger partial charge < -0.3 is 11.1 Å². The van der Waals surface area contributed by atoms with E-state index in [-0.39, 0.29) is 5.95 Å². The van der Waals surface area contributed by atoms with Crippen LogP contribution in [0, 0.1) is 0 Å². The summed E-state index contributed by atoms with van der Waals surface area (Å²) in [5.41, 5.74) is 7.44. The van der Waals surface area contributed by atoms with Crippen molar-refractivity contribution in [1.82, 2.24) is 19.7 Å². The van der Waals surface area contributed by atoms with Gasteiger partial charge in [-0.15, -0.1) is 0 Å². The summed E-state index contributed by atoms with van der Waals surface area (Å²) >= 11 is 0. The van der Waals surface area contributed by atoms with E-state index in [0.717, 1.165) is 17.2 Å². The zero-order valence-electron chi connectivity index (χ0n) is 9.59. The van der Waals surface area contributed by atoms with E-state index in [4.69, 9.17) is 5.73 Å². The average molecular weight is 230 g/mol. The van der Waals surface area contributed by atoms with Gasteiger partial charge in [0.25, 0.3) is 0 Å². The fourth-order valence-electron chi connectivity index (χ4n) is 1.73. The van der Waals surface area contributed by atoms with E-state index in [1.54, 1.807) is 10.9 Å². The predicted octanol–water partition coefficient (Wildman–Crippen LogP) is 1.03.